The summed E-state index contributed by atoms with van der Waals surface area (Å²) in [6.45, 7) is 0. The first-order valence-corrected chi connectivity index (χ1v) is 17.9. The van der Waals surface area contributed by atoms with Crippen LogP contribution >= 0.6 is 0 Å². The fraction of sp³-hybridized carbons (Fsp3) is 0. The summed E-state index contributed by atoms with van der Waals surface area (Å²) in [5, 5.41) is 8.48. The van der Waals surface area contributed by atoms with E-state index in [1.54, 1.807) is 0 Å². The van der Waals surface area contributed by atoms with E-state index >= 15 is 0 Å². The second kappa shape index (κ2) is 12.5. The predicted molar refractivity (Wildman–Crippen MR) is 235 cm³/mol. The number of hydrogen-bond donors (Lipinski definition) is 0. The van der Waals surface area contributed by atoms with Gasteiger partial charge in [-0.05, 0) is 107 Å². The van der Waals surface area contributed by atoms with Crippen LogP contribution in [0.25, 0.3) is 98.8 Å². The fourth-order valence-corrected chi connectivity index (χ4v) is 8.26. The Balaban J connectivity index is 1.35. The maximum atomic E-state index is 6.90. The largest absolute Gasteiger partial charge is 0.456 e. The Morgan fingerprint density at radius 1 is 0.296 bits per heavy atom. The van der Waals surface area contributed by atoms with Crippen molar-refractivity contribution in [3.05, 3.63) is 152 Å². The van der Waals surface area contributed by atoms with Gasteiger partial charge in [0.1, 0.15) is 50.4 Å². The molecule has 10 rings (SSSR count). The Labute approximate surface area is 320 Å². The van der Waals surface area contributed by atoms with E-state index in [2.05, 4.69) is 121 Å². The van der Waals surface area contributed by atoms with E-state index in [0.717, 1.165) is 82.4 Å². The van der Waals surface area contributed by atoms with Gasteiger partial charge in [0.25, 0.3) is 0 Å². The van der Waals surface area contributed by atoms with Gasteiger partial charge in [-0.3, -0.25) is 0 Å². The predicted octanol–water partition coefficient (Wildman–Crippen LogP) is 7.68. The smallest absolute Gasteiger partial charge is 0.135 e. The number of para-hydroxylation sites is 1. The van der Waals surface area contributed by atoms with Crippen molar-refractivity contribution in [3.63, 3.8) is 0 Å². The Bertz CT molecular complexity index is 3130. The lowest BCUT2D eigenvalue weighted by molar-refractivity contribution is 0.669. The highest BCUT2D eigenvalue weighted by atomic mass is 16.3. The van der Waals surface area contributed by atoms with E-state index in [0.29, 0.717) is 16.5 Å². The first-order chi connectivity index (χ1) is 26.4. The summed E-state index contributed by atoms with van der Waals surface area (Å²) in [4.78, 5) is 0. The second-order valence-electron chi connectivity index (χ2n) is 13.9. The molecule has 0 spiro atoms. The van der Waals surface area contributed by atoms with E-state index in [4.69, 9.17) is 43.6 Å². The Hall–Kier alpha value is -6.12. The van der Waals surface area contributed by atoms with Crippen molar-refractivity contribution >= 4 is 121 Å². The molecule has 0 saturated heterocycles. The van der Waals surface area contributed by atoms with Crippen molar-refractivity contribution in [3.8, 4) is 44.5 Å². The molecule has 9 aromatic carbocycles. The van der Waals surface area contributed by atoms with E-state index in [-0.39, 0.29) is 16.4 Å². The quantitative estimate of drug-likeness (QED) is 0.138. The summed E-state index contributed by atoms with van der Waals surface area (Å²) in [7, 11) is 33.3. The molecule has 10 aromatic rings. The molecule has 0 atom stereocenters. The first-order valence-electron chi connectivity index (χ1n) is 17.9. The van der Waals surface area contributed by atoms with E-state index in [9.17, 15) is 0 Å². The molecular formula is C48H25B5O. The minimum Gasteiger partial charge on any atom is -0.456 e. The van der Waals surface area contributed by atoms with Gasteiger partial charge in [-0.15, -0.1) is 16.4 Å². The van der Waals surface area contributed by atoms with Crippen molar-refractivity contribution in [2.45, 2.75) is 0 Å². The molecule has 238 valence electrons. The third-order valence-corrected chi connectivity index (χ3v) is 10.9. The zero-order valence-electron chi connectivity index (χ0n) is 29.2. The van der Waals surface area contributed by atoms with Crippen LogP contribution in [0.5, 0.6) is 0 Å². The fourth-order valence-electron chi connectivity index (χ4n) is 8.26. The summed E-state index contributed by atoms with van der Waals surface area (Å²) < 4.78 is 6.17. The molecule has 0 N–H and O–H groups in total. The average molecular weight is 672 g/mol. The molecule has 1 aromatic heterocycles. The zero-order chi connectivity index (χ0) is 36.7. The molecule has 1 nitrogen and oxygen atoms in total. The third kappa shape index (κ3) is 4.93. The number of benzene rings is 9. The normalized spacial score (nSPS) is 11.7. The van der Waals surface area contributed by atoms with Crippen LogP contribution in [0, 0.1) is 0 Å². The van der Waals surface area contributed by atoms with Crippen LogP contribution < -0.4 is 27.3 Å². The van der Waals surface area contributed by atoms with Crippen LogP contribution in [-0.2, 0) is 0 Å². The van der Waals surface area contributed by atoms with Crippen LogP contribution in [0.2, 0.25) is 0 Å². The lowest BCUT2D eigenvalue weighted by atomic mass is 9.59. The summed E-state index contributed by atoms with van der Waals surface area (Å²) in [6, 6.07) is 53.1. The van der Waals surface area contributed by atoms with Gasteiger partial charge in [-0.2, -0.15) is 0 Å². The summed E-state index contributed by atoms with van der Waals surface area (Å²) in [6.07, 6.45) is 0. The second-order valence-corrected chi connectivity index (χ2v) is 13.9. The van der Waals surface area contributed by atoms with Gasteiger partial charge in [0.05, 0.1) is 0 Å². The SMILES string of the molecule is [B]c1c([B])c([B])c(-c2c3ccc(-c4cccc5ccccc45)cc3c(-c3ccccc3)c3ccc(-c4ccc5oc6ccccc6c5c4)cc23)c([B])c1[B]. The lowest BCUT2D eigenvalue weighted by Gasteiger charge is -2.25. The van der Waals surface area contributed by atoms with Gasteiger partial charge < -0.3 is 4.42 Å². The molecule has 0 amide bonds. The van der Waals surface area contributed by atoms with Crippen LogP contribution in [0.4, 0.5) is 0 Å². The standard InChI is InChI=1S/C48H25B5O/c49-44-43(45(50)47(52)48(53)46(44)51)42-35-21-18-30(32-15-8-12-26-9-4-5-13-31(26)32)25-37(35)41(27-10-2-1-3-11-27)34-20-17-28(24-38(34)42)29-19-22-40-36(23-29)33-14-6-7-16-39(33)54-40/h1-25H. The van der Waals surface area contributed by atoms with Crippen LogP contribution in [0.3, 0.4) is 0 Å². The van der Waals surface area contributed by atoms with E-state index in [1.165, 1.54) is 10.8 Å². The molecule has 0 aliphatic carbocycles. The number of rotatable bonds is 4. The van der Waals surface area contributed by atoms with Crippen molar-refractivity contribution in [1.82, 2.24) is 0 Å². The molecule has 0 unspecified atom stereocenters. The molecule has 54 heavy (non-hydrogen) atoms. The molecule has 0 fully saturated rings. The van der Waals surface area contributed by atoms with Crippen molar-refractivity contribution in [2.24, 2.45) is 0 Å². The summed E-state index contributed by atoms with van der Waals surface area (Å²) >= 11 is 0. The molecule has 1 heterocycles. The lowest BCUT2D eigenvalue weighted by Crippen LogP contribution is -2.55. The van der Waals surface area contributed by atoms with Crippen molar-refractivity contribution in [1.29, 1.82) is 0 Å². The van der Waals surface area contributed by atoms with Gasteiger partial charge in [-0.25, -0.2) is 0 Å². The molecule has 6 heteroatoms. The average Bonchev–Trinajstić information content (AvgIpc) is 3.60. The topological polar surface area (TPSA) is 13.1 Å². The molecule has 0 bridgehead atoms. The minimum absolute atomic E-state index is 0.183. The Morgan fingerprint density at radius 2 is 0.833 bits per heavy atom. The number of fused-ring (bicyclic) bond motifs is 6. The maximum Gasteiger partial charge on any atom is 0.135 e. The van der Waals surface area contributed by atoms with Crippen molar-refractivity contribution < 1.29 is 4.42 Å². The van der Waals surface area contributed by atoms with Crippen LogP contribution in [0.15, 0.2) is 156 Å². The first kappa shape index (κ1) is 32.5. The van der Waals surface area contributed by atoms with Crippen molar-refractivity contribution in [2.75, 3.05) is 0 Å². The van der Waals surface area contributed by atoms with Crippen LogP contribution in [-0.4, -0.2) is 39.2 Å². The van der Waals surface area contributed by atoms with Gasteiger partial charge in [-0.1, -0.05) is 132 Å². The highest BCUT2D eigenvalue weighted by Crippen LogP contribution is 2.46. The molecular weight excluding hydrogens is 647 g/mol. The van der Waals surface area contributed by atoms with Gasteiger partial charge in [0.15, 0.2) is 0 Å². The highest BCUT2D eigenvalue weighted by molar-refractivity contribution is 6.69. The minimum atomic E-state index is 0.183. The maximum absolute atomic E-state index is 6.90. The zero-order valence-corrected chi connectivity index (χ0v) is 29.2. The molecule has 0 aliphatic heterocycles. The number of furan rings is 1. The van der Waals surface area contributed by atoms with Gasteiger partial charge in [0.2, 0.25) is 0 Å². The summed E-state index contributed by atoms with van der Waals surface area (Å²) in [5.41, 5.74) is 10.8. The highest BCUT2D eigenvalue weighted by Gasteiger charge is 2.22. The van der Waals surface area contributed by atoms with Gasteiger partial charge >= 0.3 is 0 Å². The Morgan fingerprint density at radius 3 is 1.61 bits per heavy atom. The molecule has 10 radical (unpaired) electrons. The molecule has 0 aliphatic rings. The van der Waals surface area contributed by atoms with E-state index in [1.807, 2.05) is 30.3 Å². The van der Waals surface area contributed by atoms with Crippen LogP contribution in [0.1, 0.15) is 0 Å². The van der Waals surface area contributed by atoms with Gasteiger partial charge in [0, 0.05) is 10.8 Å². The third-order valence-electron chi connectivity index (χ3n) is 10.9. The Kier molecular flexibility index (Phi) is 7.53. The monoisotopic (exact) mass is 672 g/mol. The molecule has 0 saturated carbocycles. The summed E-state index contributed by atoms with van der Waals surface area (Å²) in [5.74, 6) is 0. The van der Waals surface area contributed by atoms with E-state index < -0.39 is 0 Å². The number of hydrogen-bond acceptors (Lipinski definition) is 1.